The number of anilines is 1. The maximum atomic E-state index is 12.4. The van der Waals surface area contributed by atoms with Crippen LogP contribution >= 0.6 is 0 Å². The summed E-state index contributed by atoms with van der Waals surface area (Å²) in [7, 11) is -3.52. The second kappa shape index (κ2) is 8.14. The van der Waals surface area contributed by atoms with Gasteiger partial charge in [-0.2, -0.15) is 0 Å². The topological polar surface area (TPSA) is 92.3 Å². The molecular formula is C19H22N2O4S. The fourth-order valence-corrected chi connectivity index (χ4v) is 3.17. The molecule has 0 aliphatic rings. The predicted molar refractivity (Wildman–Crippen MR) is 101 cm³/mol. The largest absolute Gasteiger partial charge is 0.352 e. The third-order valence-corrected chi connectivity index (χ3v) is 4.76. The van der Waals surface area contributed by atoms with Crippen molar-refractivity contribution in [1.82, 2.24) is 5.32 Å². The van der Waals surface area contributed by atoms with E-state index in [9.17, 15) is 18.0 Å². The first kappa shape index (κ1) is 19.7. The first-order valence-corrected chi connectivity index (χ1v) is 10.1. The lowest BCUT2D eigenvalue weighted by Gasteiger charge is -2.10. The zero-order chi connectivity index (χ0) is 19.3. The second-order valence-corrected chi connectivity index (χ2v) is 8.39. The van der Waals surface area contributed by atoms with Gasteiger partial charge in [0.1, 0.15) is 0 Å². The lowest BCUT2D eigenvalue weighted by atomic mass is 10.1. The first-order chi connectivity index (χ1) is 12.2. The number of carbonyl (C=O) groups is 2. The molecule has 138 valence electrons. The molecule has 26 heavy (non-hydrogen) atoms. The van der Waals surface area contributed by atoms with E-state index in [-0.39, 0.29) is 16.4 Å². The third-order valence-electron chi connectivity index (χ3n) is 3.61. The summed E-state index contributed by atoms with van der Waals surface area (Å²) in [4.78, 5) is 24.4. The highest BCUT2D eigenvalue weighted by atomic mass is 32.2. The first-order valence-electron chi connectivity index (χ1n) is 8.17. The van der Waals surface area contributed by atoms with E-state index in [1.54, 1.807) is 36.4 Å². The fraction of sp³-hybridized carbons (Fsp3) is 0.263. The predicted octanol–water partition coefficient (Wildman–Crippen LogP) is 2.73. The smallest absolute Gasteiger partial charge is 0.256 e. The van der Waals surface area contributed by atoms with E-state index in [1.807, 2.05) is 13.8 Å². The number of rotatable bonds is 6. The molecule has 2 rings (SSSR count). The Morgan fingerprint density at radius 2 is 1.58 bits per heavy atom. The Kier molecular flexibility index (Phi) is 6.15. The molecule has 0 unspecified atom stereocenters. The Morgan fingerprint density at radius 3 is 2.15 bits per heavy atom. The molecule has 2 aromatic rings. The summed E-state index contributed by atoms with van der Waals surface area (Å²) < 4.78 is 23.6. The Balaban J connectivity index is 2.13. The number of carbonyl (C=O) groups excluding carboxylic acids is 2. The molecule has 2 N–H and O–H groups in total. The van der Waals surface area contributed by atoms with Crippen LogP contribution in [0.3, 0.4) is 0 Å². The number of amides is 2. The van der Waals surface area contributed by atoms with Crippen molar-refractivity contribution >= 4 is 27.3 Å². The van der Waals surface area contributed by atoms with Crippen LogP contribution in [0, 0.1) is 5.92 Å². The molecule has 0 radical (unpaired) electrons. The van der Waals surface area contributed by atoms with E-state index in [2.05, 4.69) is 10.6 Å². The molecule has 2 amide bonds. The minimum Gasteiger partial charge on any atom is -0.352 e. The van der Waals surface area contributed by atoms with Crippen LogP contribution in [0.2, 0.25) is 0 Å². The molecular weight excluding hydrogens is 352 g/mol. The van der Waals surface area contributed by atoms with Crippen LogP contribution < -0.4 is 10.6 Å². The van der Waals surface area contributed by atoms with Crippen LogP contribution in [0.15, 0.2) is 53.4 Å². The lowest BCUT2D eigenvalue weighted by molar-refractivity contribution is 0.0948. The van der Waals surface area contributed by atoms with Crippen molar-refractivity contribution in [2.24, 2.45) is 5.92 Å². The normalized spacial score (nSPS) is 11.2. The molecule has 0 atom stereocenters. The maximum Gasteiger partial charge on any atom is 0.256 e. The van der Waals surface area contributed by atoms with Crippen molar-refractivity contribution < 1.29 is 18.0 Å². The van der Waals surface area contributed by atoms with Crippen LogP contribution in [0.1, 0.15) is 34.6 Å². The van der Waals surface area contributed by atoms with E-state index in [1.165, 1.54) is 12.1 Å². The van der Waals surface area contributed by atoms with Crippen LogP contribution in [0.25, 0.3) is 0 Å². The Hall–Kier alpha value is -2.67. The van der Waals surface area contributed by atoms with Gasteiger partial charge in [0, 0.05) is 24.1 Å². The monoisotopic (exact) mass is 374 g/mol. The van der Waals surface area contributed by atoms with Crippen LogP contribution in [0.5, 0.6) is 0 Å². The van der Waals surface area contributed by atoms with E-state index < -0.39 is 15.7 Å². The number of nitrogens with one attached hydrogen (secondary N) is 2. The Bertz CT molecular complexity index is 903. The summed E-state index contributed by atoms with van der Waals surface area (Å²) in [6.07, 6.45) is 1.06. The highest BCUT2D eigenvalue weighted by Gasteiger charge is 2.18. The molecule has 0 aromatic heterocycles. The summed E-state index contributed by atoms with van der Waals surface area (Å²) >= 11 is 0. The third kappa shape index (κ3) is 5.16. The molecule has 7 heteroatoms. The zero-order valence-corrected chi connectivity index (χ0v) is 15.8. The van der Waals surface area contributed by atoms with E-state index in [0.29, 0.717) is 23.7 Å². The SMILES string of the molecule is CC(C)CNC(=O)c1ccc(NC(=O)c2ccccc2S(C)(=O)=O)cc1. The molecule has 0 saturated heterocycles. The van der Waals surface area contributed by atoms with Gasteiger partial charge in [0.05, 0.1) is 10.5 Å². The van der Waals surface area contributed by atoms with Crippen LogP contribution in [-0.2, 0) is 9.84 Å². The number of hydrogen-bond acceptors (Lipinski definition) is 4. The zero-order valence-electron chi connectivity index (χ0n) is 14.9. The molecule has 0 aliphatic carbocycles. The van der Waals surface area contributed by atoms with Gasteiger partial charge in [0.2, 0.25) is 0 Å². The molecule has 0 saturated carbocycles. The number of hydrogen-bond donors (Lipinski definition) is 2. The molecule has 0 spiro atoms. The fourth-order valence-electron chi connectivity index (χ4n) is 2.28. The second-order valence-electron chi connectivity index (χ2n) is 6.40. The van der Waals surface area contributed by atoms with Gasteiger partial charge in [-0.1, -0.05) is 26.0 Å². The van der Waals surface area contributed by atoms with Gasteiger partial charge < -0.3 is 10.6 Å². The van der Waals surface area contributed by atoms with Gasteiger partial charge >= 0.3 is 0 Å². The quantitative estimate of drug-likeness (QED) is 0.813. The Morgan fingerprint density at radius 1 is 0.962 bits per heavy atom. The molecule has 0 heterocycles. The van der Waals surface area contributed by atoms with Gasteiger partial charge in [-0.25, -0.2) is 8.42 Å². The van der Waals surface area contributed by atoms with Gasteiger partial charge in [0.25, 0.3) is 11.8 Å². The van der Waals surface area contributed by atoms with Crippen LogP contribution in [0.4, 0.5) is 5.69 Å². The summed E-state index contributed by atoms with van der Waals surface area (Å²) in [5, 5.41) is 5.47. The average molecular weight is 374 g/mol. The van der Waals surface area contributed by atoms with Crippen molar-refractivity contribution in [3.05, 3.63) is 59.7 Å². The van der Waals surface area contributed by atoms with E-state index in [4.69, 9.17) is 0 Å². The molecule has 0 fully saturated rings. The van der Waals surface area contributed by atoms with Gasteiger partial charge in [-0.3, -0.25) is 9.59 Å². The number of benzene rings is 2. The summed E-state index contributed by atoms with van der Waals surface area (Å²) in [5.74, 6) is -0.352. The maximum absolute atomic E-state index is 12.4. The average Bonchev–Trinajstić information content (AvgIpc) is 2.59. The standard InChI is InChI=1S/C19H22N2O4S/c1-13(2)12-20-18(22)14-8-10-15(11-9-14)21-19(23)16-6-4-5-7-17(16)26(3,24)25/h4-11,13H,12H2,1-3H3,(H,20,22)(H,21,23). The molecule has 0 bridgehead atoms. The van der Waals surface area contributed by atoms with E-state index in [0.717, 1.165) is 6.26 Å². The highest BCUT2D eigenvalue weighted by molar-refractivity contribution is 7.90. The van der Waals surface area contributed by atoms with Crippen molar-refractivity contribution in [3.63, 3.8) is 0 Å². The van der Waals surface area contributed by atoms with Crippen molar-refractivity contribution in [3.8, 4) is 0 Å². The molecule has 2 aromatic carbocycles. The summed E-state index contributed by atoms with van der Waals surface area (Å²) in [5.41, 5.74) is 1.03. The summed E-state index contributed by atoms with van der Waals surface area (Å²) in [6.45, 7) is 4.60. The van der Waals surface area contributed by atoms with Gasteiger partial charge in [-0.05, 0) is 42.3 Å². The van der Waals surface area contributed by atoms with Crippen LogP contribution in [-0.4, -0.2) is 33.0 Å². The highest BCUT2D eigenvalue weighted by Crippen LogP contribution is 2.18. The molecule has 0 aliphatic heterocycles. The van der Waals surface area contributed by atoms with Gasteiger partial charge in [-0.15, -0.1) is 0 Å². The van der Waals surface area contributed by atoms with Gasteiger partial charge in [0.15, 0.2) is 9.84 Å². The van der Waals surface area contributed by atoms with Crippen molar-refractivity contribution in [2.75, 3.05) is 18.1 Å². The van der Waals surface area contributed by atoms with Crippen molar-refractivity contribution in [1.29, 1.82) is 0 Å². The number of sulfone groups is 1. The van der Waals surface area contributed by atoms with Crippen molar-refractivity contribution in [2.45, 2.75) is 18.7 Å². The van der Waals surface area contributed by atoms with E-state index >= 15 is 0 Å². The molecule has 6 nitrogen and oxygen atoms in total. The minimum absolute atomic E-state index is 0.0258. The minimum atomic E-state index is -3.52. The summed E-state index contributed by atoms with van der Waals surface area (Å²) in [6, 6.07) is 12.4. The Labute approximate surface area is 153 Å². The lowest BCUT2D eigenvalue weighted by Crippen LogP contribution is -2.27.